The third kappa shape index (κ3) is 6.81. The Labute approximate surface area is 190 Å². The van der Waals surface area contributed by atoms with Gasteiger partial charge in [-0.05, 0) is 62.8 Å². The molecule has 0 heterocycles. The van der Waals surface area contributed by atoms with Crippen molar-refractivity contribution in [2.24, 2.45) is 0 Å². The topological polar surface area (TPSA) is 55.4 Å². The Bertz CT molecular complexity index is 1030. The molecular weight excluding hydrogens is 398 g/mol. The maximum absolute atomic E-state index is 12.5. The Balaban J connectivity index is 1.76. The molecule has 3 aromatic carbocycles. The predicted molar refractivity (Wildman–Crippen MR) is 129 cm³/mol. The second-order valence-electron chi connectivity index (χ2n) is 8.98. The molecule has 1 N–H and O–H groups in total. The van der Waals surface area contributed by atoms with Crippen LogP contribution in [-0.2, 0) is 11.2 Å². The summed E-state index contributed by atoms with van der Waals surface area (Å²) in [7, 11) is 0. The van der Waals surface area contributed by atoms with Crippen LogP contribution in [0.2, 0.25) is 0 Å². The molecule has 1 unspecified atom stereocenters. The van der Waals surface area contributed by atoms with Crippen LogP contribution in [0.15, 0.2) is 78.9 Å². The Morgan fingerprint density at radius 2 is 1.44 bits per heavy atom. The molecule has 0 aliphatic rings. The van der Waals surface area contributed by atoms with Gasteiger partial charge in [0.05, 0.1) is 6.04 Å². The molecule has 4 heteroatoms. The zero-order valence-corrected chi connectivity index (χ0v) is 19.2. The molecule has 0 spiro atoms. The van der Waals surface area contributed by atoms with Gasteiger partial charge in [-0.3, -0.25) is 4.79 Å². The van der Waals surface area contributed by atoms with Crippen LogP contribution in [0.4, 0.5) is 4.79 Å². The lowest BCUT2D eigenvalue weighted by atomic mass is 9.96. The lowest BCUT2D eigenvalue weighted by Crippen LogP contribution is -2.35. The van der Waals surface area contributed by atoms with Gasteiger partial charge >= 0.3 is 6.09 Å². The minimum Gasteiger partial charge on any atom is -0.444 e. The van der Waals surface area contributed by atoms with E-state index in [2.05, 4.69) is 41.7 Å². The zero-order chi connectivity index (χ0) is 23.1. The number of carbonyl (C=O) groups is 2. The van der Waals surface area contributed by atoms with Gasteiger partial charge in [0.25, 0.3) is 0 Å². The minimum absolute atomic E-state index is 0.0551. The van der Waals surface area contributed by atoms with Gasteiger partial charge < -0.3 is 10.1 Å². The van der Waals surface area contributed by atoms with Gasteiger partial charge in [-0.1, -0.05) is 78.9 Å². The quantitative estimate of drug-likeness (QED) is 0.422. The Kier molecular flexibility index (Phi) is 7.47. The fourth-order valence-corrected chi connectivity index (χ4v) is 3.53. The molecule has 0 bridgehead atoms. The summed E-state index contributed by atoms with van der Waals surface area (Å²) >= 11 is 0. The van der Waals surface area contributed by atoms with Crippen LogP contribution in [0.25, 0.3) is 11.1 Å². The predicted octanol–water partition coefficient (Wildman–Crippen LogP) is 6.75. The third-order valence-electron chi connectivity index (χ3n) is 5.19. The van der Waals surface area contributed by atoms with Crippen LogP contribution in [0.3, 0.4) is 0 Å². The van der Waals surface area contributed by atoms with E-state index in [1.165, 1.54) is 0 Å². The standard InChI is InChI=1S/C28H31NO3/c1-20(30)22-13-10-21(11-14-22)12-19-26(29-27(31)32-28(2,3)4)25-17-15-24(16-18-25)23-8-6-5-7-9-23/h5-11,13-18,26H,12,19H2,1-4H3,(H,29,31). The molecule has 3 aromatic rings. The number of Topliss-reactive ketones (excluding diaryl/α,β-unsaturated/α-hetero) is 1. The van der Waals surface area contributed by atoms with Crippen molar-refractivity contribution in [3.8, 4) is 11.1 Å². The maximum Gasteiger partial charge on any atom is 0.408 e. The highest BCUT2D eigenvalue weighted by atomic mass is 16.6. The van der Waals surface area contributed by atoms with Crippen molar-refractivity contribution >= 4 is 11.9 Å². The Morgan fingerprint density at radius 1 is 0.844 bits per heavy atom. The summed E-state index contributed by atoms with van der Waals surface area (Å²) in [6.45, 7) is 7.13. The first-order valence-corrected chi connectivity index (χ1v) is 11.0. The molecule has 4 nitrogen and oxygen atoms in total. The summed E-state index contributed by atoms with van der Waals surface area (Å²) in [5.74, 6) is 0.0551. The van der Waals surface area contributed by atoms with E-state index in [0.717, 1.165) is 28.7 Å². The van der Waals surface area contributed by atoms with Gasteiger partial charge in [0.15, 0.2) is 5.78 Å². The van der Waals surface area contributed by atoms with E-state index in [1.807, 2.05) is 63.2 Å². The van der Waals surface area contributed by atoms with Gasteiger partial charge in [0.1, 0.15) is 5.60 Å². The molecule has 0 saturated heterocycles. The summed E-state index contributed by atoms with van der Waals surface area (Å²) in [6.07, 6.45) is 1.05. The van der Waals surface area contributed by atoms with Crippen molar-refractivity contribution in [2.75, 3.05) is 0 Å². The molecule has 0 aliphatic heterocycles. The number of hydrogen-bond donors (Lipinski definition) is 1. The van der Waals surface area contributed by atoms with Crippen molar-refractivity contribution in [3.05, 3.63) is 95.6 Å². The van der Waals surface area contributed by atoms with Gasteiger partial charge in [-0.15, -0.1) is 0 Å². The molecule has 166 valence electrons. The van der Waals surface area contributed by atoms with Crippen molar-refractivity contribution < 1.29 is 14.3 Å². The van der Waals surface area contributed by atoms with Crippen molar-refractivity contribution in [1.29, 1.82) is 0 Å². The van der Waals surface area contributed by atoms with Crippen LogP contribution < -0.4 is 5.32 Å². The molecular formula is C28H31NO3. The van der Waals surface area contributed by atoms with Crippen LogP contribution in [0.5, 0.6) is 0 Å². The lowest BCUT2D eigenvalue weighted by Gasteiger charge is -2.24. The first-order chi connectivity index (χ1) is 15.2. The van der Waals surface area contributed by atoms with E-state index in [-0.39, 0.29) is 11.8 Å². The van der Waals surface area contributed by atoms with Crippen molar-refractivity contribution in [3.63, 3.8) is 0 Å². The largest absolute Gasteiger partial charge is 0.444 e. The first kappa shape index (κ1) is 23.3. The zero-order valence-electron chi connectivity index (χ0n) is 19.2. The van der Waals surface area contributed by atoms with E-state index in [9.17, 15) is 9.59 Å². The Morgan fingerprint density at radius 3 is 2.00 bits per heavy atom. The second kappa shape index (κ2) is 10.3. The highest BCUT2D eigenvalue weighted by molar-refractivity contribution is 5.94. The Hall–Kier alpha value is -3.40. The van der Waals surface area contributed by atoms with Gasteiger partial charge in [-0.2, -0.15) is 0 Å². The number of rotatable bonds is 7. The monoisotopic (exact) mass is 429 g/mol. The molecule has 0 aromatic heterocycles. The lowest BCUT2D eigenvalue weighted by molar-refractivity contribution is 0.0501. The number of alkyl carbamates (subject to hydrolysis) is 1. The third-order valence-corrected chi connectivity index (χ3v) is 5.19. The molecule has 32 heavy (non-hydrogen) atoms. The number of aryl methyl sites for hydroxylation is 1. The fourth-order valence-electron chi connectivity index (χ4n) is 3.53. The highest BCUT2D eigenvalue weighted by Gasteiger charge is 2.21. The number of benzene rings is 3. The molecule has 1 amide bonds. The smallest absolute Gasteiger partial charge is 0.408 e. The normalized spacial score (nSPS) is 12.1. The number of nitrogens with one attached hydrogen (secondary N) is 1. The molecule has 0 saturated carbocycles. The second-order valence-corrected chi connectivity index (χ2v) is 8.98. The number of ketones is 1. The minimum atomic E-state index is -0.561. The number of carbonyl (C=O) groups excluding carboxylic acids is 2. The molecule has 0 aliphatic carbocycles. The molecule has 0 fully saturated rings. The van der Waals surface area contributed by atoms with Crippen LogP contribution in [0, 0.1) is 0 Å². The fraction of sp³-hybridized carbons (Fsp3) is 0.286. The average Bonchev–Trinajstić information content (AvgIpc) is 2.76. The molecule has 3 rings (SSSR count). The van der Waals surface area contributed by atoms with Crippen LogP contribution >= 0.6 is 0 Å². The summed E-state index contributed by atoms with van der Waals surface area (Å²) < 4.78 is 5.49. The maximum atomic E-state index is 12.5. The highest BCUT2D eigenvalue weighted by Crippen LogP contribution is 2.25. The van der Waals surface area contributed by atoms with E-state index in [4.69, 9.17) is 4.74 Å². The van der Waals surface area contributed by atoms with Gasteiger partial charge in [-0.25, -0.2) is 4.79 Å². The van der Waals surface area contributed by atoms with E-state index >= 15 is 0 Å². The summed E-state index contributed by atoms with van der Waals surface area (Å²) in [6, 6.07) is 25.9. The van der Waals surface area contributed by atoms with E-state index in [0.29, 0.717) is 12.0 Å². The number of hydrogen-bond acceptors (Lipinski definition) is 3. The van der Waals surface area contributed by atoms with Gasteiger partial charge in [0, 0.05) is 5.56 Å². The van der Waals surface area contributed by atoms with Gasteiger partial charge in [0.2, 0.25) is 0 Å². The first-order valence-electron chi connectivity index (χ1n) is 11.0. The molecule has 0 radical (unpaired) electrons. The summed E-state index contributed by atoms with van der Waals surface area (Å²) in [5.41, 5.74) is 4.57. The van der Waals surface area contributed by atoms with E-state index < -0.39 is 11.7 Å². The van der Waals surface area contributed by atoms with E-state index in [1.54, 1.807) is 6.92 Å². The van der Waals surface area contributed by atoms with Crippen LogP contribution in [0.1, 0.15) is 61.6 Å². The molecule has 1 atom stereocenters. The summed E-state index contributed by atoms with van der Waals surface area (Å²) in [5, 5.41) is 3.03. The van der Waals surface area contributed by atoms with Crippen molar-refractivity contribution in [2.45, 2.75) is 52.2 Å². The average molecular weight is 430 g/mol. The van der Waals surface area contributed by atoms with Crippen LogP contribution in [-0.4, -0.2) is 17.5 Å². The SMILES string of the molecule is CC(=O)c1ccc(CCC(NC(=O)OC(C)(C)C)c2ccc(-c3ccccc3)cc2)cc1. The van der Waals surface area contributed by atoms with Crippen molar-refractivity contribution in [1.82, 2.24) is 5.32 Å². The number of amides is 1. The summed E-state index contributed by atoms with van der Waals surface area (Å²) in [4.78, 5) is 24.0. The number of ether oxygens (including phenoxy) is 1.